The van der Waals surface area contributed by atoms with Gasteiger partial charge in [0.2, 0.25) is 5.91 Å². The van der Waals surface area contributed by atoms with E-state index >= 15 is 0 Å². The average molecular weight is 437 g/mol. The molecule has 0 bridgehead atoms. The van der Waals surface area contributed by atoms with E-state index in [4.69, 9.17) is 9.15 Å². The highest BCUT2D eigenvalue weighted by Crippen LogP contribution is 2.31. The Hall–Kier alpha value is -3.75. The second-order valence-corrected chi connectivity index (χ2v) is 7.50. The van der Waals surface area contributed by atoms with Crippen LogP contribution >= 0.6 is 0 Å². The van der Waals surface area contributed by atoms with E-state index in [9.17, 15) is 9.18 Å². The Morgan fingerprint density at radius 1 is 1.25 bits per heavy atom. The first-order valence-electron chi connectivity index (χ1n) is 10.4. The van der Waals surface area contributed by atoms with Crippen molar-refractivity contribution in [2.24, 2.45) is 0 Å². The predicted octanol–water partition coefficient (Wildman–Crippen LogP) is 3.93. The van der Waals surface area contributed by atoms with Crippen molar-refractivity contribution in [1.82, 2.24) is 25.5 Å². The smallest absolute Gasteiger partial charge is 0.245 e. The first-order valence-corrected chi connectivity index (χ1v) is 10.4. The number of carbonyl (C=O) groups is 1. The van der Waals surface area contributed by atoms with Gasteiger partial charge in [-0.3, -0.25) is 4.79 Å². The molecular formula is C23H24FN5O3. The maximum atomic E-state index is 13.3. The molecule has 8 nitrogen and oxygen atoms in total. The van der Waals surface area contributed by atoms with E-state index in [-0.39, 0.29) is 11.7 Å². The molecule has 2 aromatic heterocycles. The maximum absolute atomic E-state index is 13.3. The van der Waals surface area contributed by atoms with Crippen molar-refractivity contribution in [3.05, 3.63) is 71.5 Å². The largest absolute Gasteiger partial charge is 0.490 e. The number of benzene rings is 2. The highest BCUT2D eigenvalue weighted by Gasteiger charge is 2.27. The van der Waals surface area contributed by atoms with E-state index in [1.807, 2.05) is 38.1 Å². The number of fused-ring (bicyclic) bond motifs is 1. The summed E-state index contributed by atoms with van der Waals surface area (Å²) in [5, 5.41) is 15.4. The lowest BCUT2D eigenvalue weighted by Crippen LogP contribution is -2.36. The molecular weight excluding hydrogens is 413 g/mol. The van der Waals surface area contributed by atoms with Crippen LogP contribution in [0.1, 0.15) is 43.1 Å². The normalized spacial score (nSPS) is 13.1. The predicted molar refractivity (Wildman–Crippen MR) is 116 cm³/mol. The zero-order valence-electron chi connectivity index (χ0n) is 18.1. The Morgan fingerprint density at radius 3 is 2.72 bits per heavy atom. The van der Waals surface area contributed by atoms with Crippen LogP contribution in [-0.4, -0.2) is 32.7 Å². The van der Waals surface area contributed by atoms with Crippen LogP contribution in [0, 0.1) is 12.7 Å². The summed E-state index contributed by atoms with van der Waals surface area (Å²) >= 11 is 0. The first-order chi connectivity index (χ1) is 15.5. The number of nitrogens with zero attached hydrogens (tertiary/aromatic N) is 4. The highest BCUT2D eigenvalue weighted by molar-refractivity contribution is 5.84. The van der Waals surface area contributed by atoms with Crippen LogP contribution in [-0.2, 0) is 11.2 Å². The van der Waals surface area contributed by atoms with E-state index in [0.717, 1.165) is 10.9 Å². The SMILES string of the molecule is CCOc1cccc2cc(C(C)NC(=O)C(Cc3ccc(F)cc3)n3nnnc3C)oc12. The third kappa shape index (κ3) is 4.46. The third-order valence-electron chi connectivity index (χ3n) is 5.21. The number of nitrogens with one attached hydrogen (secondary N) is 1. The summed E-state index contributed by atoms with van der Waals surface area (Å²) in [6, 6.07) is 12.5. The van der Waals surface area contributed by atoms with Crippen molar-refractivity contribution in [1.29, 1.82) is 0 Å². The van der Waals surface area contributed by atoms with Gasteiger partial charge in [0.05, 0.1) is 12.6 Å². The zero-order valence-corrected chi connectivity index (χ0v) is 18.1. The number of rotatable bonds is 8. The monoisotopic (exact) mass is 437 g/mol. The molecule has 166 valence electrons. The minimum absolute atomic E-state index is 0.275. The fourth-order valence-corrected chi connectivity index (χ4v) is 3.58. The summed E-state index contributed by atoms with van der Waals surface area (Å²) in [5.74, 6) is 1.16. The molecule has 0 spiro atoms. The van der Waals surface area contributed by atoms with E-state index in [0.29, 0.717) is 35.9 Å². The number of aryl methyl sites for hydroxylation is 1. The van der Waals surface area contributed by atoms with Crippen LogP contribution in [0.2, 0.25) is 0 Å². The molecule has 32 heavy (non-hydrogen) atoms. The van der Waals surface area contributed by atoms with E-state index in [1.165, 1.54) is 16.8 Å². The van der Waals surface area contributed by atoms with Crippen LogP contribution in [0.15, 0.2) is 52.9 Å². The first kappa shape index (κ1) is 21.5. The number of ether oxygens (including phenoxy) is 1. The number of hydrogen-bond acceptors (Lipinski definition) is 6. The van der Waals surface area contributed by atoms with Gasteiger partial charge in [-0.25, -0.2) is 9.07 Å². The molecule has 4 rings (SSSR count). The van der Waals surface area contributed by atoms with Gasteiger partial charge < -0.3 is 14.5 Å². The van der Waals surface area contributed by atoms with Crippen molar-refractivity contribution in [2.75, 3.05) is 6.61 Å². The topological polar surface area (TPSA) is 95.1 Å². The number of furan rings is 1. The summed E-state index contributed by atoms with van der Waals surface area (Å²) in [6.07, 6.45) is 0.305. The molecule has 0 aliphatic heterocycles. The number of tetrazole rings is 1. The lowest BCUT2D eigenvalue weighted by Gasteiger charge is -2.20. The summed E-state index contributed by atoms with van der Waals surface area (Å²) in [6.45, 7) is 6.01. The second kappa shape index (κ2) is 9.17. The quantitative estimate of drug-likeness (QED) is 0.449. The van der Waals surface area contributed by atoms with Gasteiger partial charge in [0, 0.05) is 11.8 Å². The van der Waals surface area contributed by atoms with Gasteiger partial charge in [0.25, 0.3) is 0 Å². The molecule has 2 atom stereocenters. The molecule has 9 heteroatoms. The number of halogens is 1. The Morgan fingerprint density at radius 2 is 2.03 bits per heavy atom. The fraction of sp³-hybridized carbons (Fsp3) is 0.304. The molecule has 0 aliphatic carbocycles. The van der Waals surface area contributed by atoms with Crippen molar-refractivity contribution in [3.8, 4) is 5.75 Å². The van der Waals surface area contributed by atoms with Crippen LogP contribution in [0.5, 0.6) is 5.75 Å². The molecule has 0 aliphatic rings. The summed E-state index contributed by atoms with van der Waals surface area (Å²) < 4.78 is 26.4. The number of carbonyl (C=O) groups excluding carboxylic acids is 1. The van der Waals surface area contributed by atoms with Gasteiger partial charge in [-0.05, 0) is 61.0 Å². The Bertz CT molecular complexity index is 1220. The van der Waals surface area contributed by atoms with E-state index in [2.05, 4.69) is 20.8 Å². The molecule has 0 radical (unpaired) electrons. The molecule has 2 unspecified atom stereocenters. The molecule has 2 heterocycles. The summed E-state index contributed by atoms with van der Waals surface area (Å²) in [4.78, 5) is 13.3. The van der Waals surface area contributed by atoms with Crippen LogP contribution in [0.4, 0.5) is 4.39 Å². The van der Waals surface area contributed by atoms with Crippen molar-refractivity contribution in [2.45, 2.75) is 39.3 Å². The van der Waals surface area contributed by atoms with Crippen LogP contribution in [0.3, 0.4) is 0 Å². The lowest BCUT2D eigenvalue weighted by atomic mass is 10.0. The average Bonchev–Trinajstić information content (AvgIpc) is 3.40. The maximum Gasteiger partial charge on any atom is 0.245 e. The molecule has 4 aromatic rings. The van der Waals surface area contributed by atoms with Crippen molar-refractivity contribution < 1.29 is 18.3 Å². The highest BCUT2D eigenvalue weighted by atomic mass is 19.1. The van der Waals surface area contributed by atoms with Crippen molar-refractivity contribution in [3.63, 3.8) is 0 Å². The number of aromatic nitrogens is 4. The Kier molecular flexibility index (Phi) is 6.16. The van der Waals surface area contributed by atoms with Crippen LogP contribution in [0.25, 0.3) is 11.0 Å². The number of para-hydroxylation sites is 1. The minimum Gasteiger partial charge on any atom is -0.490 e. The second-order valence-electron chi connectivity index (χ2n) is 7.50. The van der Waals surface area contributed by atoms with E-state index < -0.39 is 12.1 Å². The molecule has 1 N–H and O–H groups in total. The molecule has 1 amide bonds. The molecule has 2 aromatic carbocycles. The zero-order chi connectivity index (χ0) is 22.7. The minimum atomic E-state index is -0.707. The van der Waals surface area contributed by atoms with Gasteiger partial charge in [0.15, 0.2) is 11.3 Å². The third-order valence-corrected chi connectivity index (χ3v) is 5.21. The Balaban J connectivity index is 1.57. The summed E-state index contributed by atoms with van der Waals surface area (Å²) in [5.41, 5.74) is 1.43. The Labute approximate surface area is 184 Å². The number of hydrogen-bond donors (Lipinski definition) is 1. The molecule has 0 saturated heterocycles. The molecule has 0 saturated carbocycles. The number of amides is 1. The standard InChI is InChI=1S/C23H24FN5O3/c1-4-31-20-7-5-6-17-13-21(32-22(17)20)14(2)25-23(30)19(29-15(3)26-27-28-29)12-16-8-10-18(24)11-9-16/h5-11,13-14,19H,4,12H2,1-3H3,(H,25,30). The lowest BCUT2D eigenvalue weighted by molar-refractivity contribution is -0.125. The summed E-state index contributed by atoms with van der Waals surface area (Å²) in [7, 11) is 0. The molecule has 0 fully saturated rings. The van der Waals surface area contributed by atoms with Gasteiger partial charge in [-0.15, -0.1) is 5.10 Å². The van der Waals surface area contributed by atoms with Gasteiger partial charge in [-0.1, -0.05) is 24.3 Å². The fourth-order valence-electron chi connectivity index (χ4n) is 3.58. The van der Waals surface area contributed by atoms with Crippen molar-refractivity contribution >= 4 is 16.9 Å². The van der Waals surface area contributed by atoms with Crippen LogP contribution < -0.4 is 10.1 Å². The van der Waals surface area contributed by atoms with Gasteiger partial charge >= 0.3 is 0 Å². The van der Waals surface area contributed by atoms with E-state index in [1.54, 1.807) is 19.1 Å². The van der Waals surface area contributed by atoms with Gasteiger partial charge in [-0.2, -0.15) is 0 Å². The van der Waals surface area contributed by atoms with Gasteiger partial charge in [0.1, 0.15) is 23.4 Å².